The van der Waals surface area contributed by atoms with E-state index in [-0.39, 0.29) is 0 Å². The van der Waals surface area contributed by atoms with E-state index in [2.05, 4.69) is 233 Å². The molecule has 0 unspecified atom stereocenters. The van der Waals surface area contributed by atoms with Crippen molar-refractivity contribution in [3.05, 3.63) is 218 Å². The topological polar surface area (TPSA) is 26.8 Å². The lowest BCUT2D eigenvalue weighted by Gasteiger charge is -2.50. The molecule has 3 heterocycles. The van der Waals surface area contributed by atoms with Crippen molar-refractivity contribution < 1.29 is 4.57 Å². The van der Waals surface area contributed by atoms with Crippen molar-refractivity contribution >= 4 is 74.2 Å². The van der Waals surface area contributed by atoms with E-state index in [0.717, 1.165) is 100 Å². The van der Waals surface area contributed by atoms with Crippen LogP contribution in [0.15, 0.2) is 218 Å². The van der Waals surface area contributed by atoms with Crippen LogP contribution in [0.1, 0.15) is 0 Å². The Morgan fingerprint density at radius 2 is 0.458 bits per heavy atom. The van der Waals surface area contributed by atoms with Crippen LogP contribution >= 0.6 is 7.14 Å². The number of hydrogen-bond acceptors (Lipinski definition) is 4. The van der Waals surface area contributed by atoms with Gasteiger partial charge in [-0.2, -0.15) is 0 Å². The van der Waals surface area contributed by atoms with Crippen LogP contribution in [0.2, 0.25) is 0 Å². The second-order valence-corrected chi connectivity index (χ2v) is 17.9. The fraction of sp³-hybridized carbons (Fsp3) is 0. The van der Waals surface area contributed by atoms with E-state index in [1.54, 1.807) is 0 Å². The summed E-state index contributed by atoms with van der Waals surface area (Å²) >= 11 is 0. The molecule has 3 aliphatic rings. The van der Waals surface area contributed by atoms with Crippen molar-refractivity contribution in [2.75, 3.05) is 14.7 Å². The van der Waals surface area contributed by atoms with Crippen molar-refractivity contribution in [2.24, 2.45) is 0 Å². The lowest BCUT2D eigenvalue weighted by atomic mass is 9.97. The van der Waals surface area contributed by atoms with E-state index in [1.807, 2.05) is 0 Å². The van der Waals surface area contributed by atoms with Gasteiger partial charge in [0.1, 0.15) is 0 Å². The zero-order valence-electron chi connectivity index (χ0n) is 32.0. The molecule has 278 valence electrons. The first-order chi connectivity index (χ1) is 29.2. The third kappa shape index (κ3) is 5.00. The van der Waals surface area contributed by atoms with Crippen LogP contribution in [0, 0.1) is 0 Å². The highest BCUT2D eigenvalue weighted by atomic mass is 31.2. The Bertz CT molecular complexity index is 2710. The van der Waals surface area contributed by atoms with E-state index in [4.69, 9.17) is 0 Å². The Kier molecular flexibility index (Phi) is 7.47. The zero-order chi connectivity index (χ0) is 39.1. The molecule has 0 fully saturated rings. The highest BCUT2D eigenvalue weighted by molar-refractivity contribution is 7.87. The Balaban J connectivity index is 1.30. The first kappa shape index (κ1) is 33.7. The monoisotopic (exact) mass is 773 g/mol. The maximum absolute atomic E-state index is 17.6. The van der Waals surface area contributed by atoms with E-state index in [0.29, 0.717) is 0 Å². The largest absolute Gasteiger partial charge is 0.309 e. The van der Waals surface area contributed by atoms with Crippen LogP contribution in [-0.2, 0) is 4.57 Å². The Labute approximate surface area is 343 Å². The summed E-state index contributed by atoms with van der Waals surface area (Å²) < 4.78 is 17.6. The first-order valence-electron chi connectivity index (χ1n) is 20.0. The summed E-state index contributed by atoms with van der Waals surface area (Å²) in [5, 5.41) is 2.58. The van der Waals surface area contributed by atoms with Crippen LogP contribution < -0.4 is 30.6 Å². The summed E-state index contributed by atoms with van der Waals surface area (Å²) in [6.45, 7) is 0. The average molecular weight is 774 g/mol. The van der Waals surface area contributed by atoms with Crippen molar-refractivity contribution in [2.45, 2.75) is 0 Å². The SMILES string of the molecule is O=P12c3c4cc(-c5ccccc5)cc3N(c3ccccc3)c3cc(-c5ccccc5)cc(c31)N(c1ccccc1)c1cc(-c3ccccc3)cc(c12)N4c1ccccc1. The van der Waals surface area contributed by atoms with Gasteiger partial charge in [-0.25, -0.2) is 0 Å². The van der Waals surface area contributed by atoms with Gasteiger partial charge in [0.05, 0.1) is 50.0 Å². The Hall–Kier alpha value is -7.39. The van der Waals surface area contributed by atoms with Gasteiger partial charge in [-0.05, 0) is 106 Å². The summed E-state index contributed by atoms with van der Waals surface area (Å²) in [6, 6.07) is 77.1. The molecule has 0 N–H and O–H groups in total. The minimum absolute atomic E-state index is 0.861. The molecule has 0 radical (unpaired) electrons. The standard InChI is InChI=1S/C54H36N3OP/c58-59-52-46-31-40(37-19-7-1-8-20-37)32-47(52)56(44-27-15-5-16-28-44)49-34-42(39-23-11-3-12-24-39)36-51(54(49)59)57(45-29-17-6-18-30-45)50-35-41(38-21-9-2-10-22-38)33-48(53(50)59)55(46)43-25-13-4-14-26-43/h1-36H. The number of rotatable bonds is 6. The fourth-order valence-electron chi connectivity index (χ4n) is 9.49. The molecule has 3 aliphatic heterocycles. The predicted molar refractivity (Wildman–Crippen MR) is 247 cm³/mol. The van der Waals surface area contributed by atoms with Crippen LogP contribution in [-0.4, -0.2) is 0 Å². The molecular weight excluding hydrogens is 738 g/mol. The van der Waals surface area contributed by atoms with Gasteiger partial charge in [-0.3, -0.25) is 0 Å². The molecule has 4 nitrogen and oxygen atoms in total. The van der Waals surface area contributed by atoms with Gasteiger partial charge < -0.3 is 19.3 Å². The minimum atomic E-state index is -3.62. The molecule has 12 rings (SSSR count). The minimum Gasteiger partial charge on any atom is -0.309 e. The van der Waals surface area contributed by atoms with Gasteiger partial charge in [0.15, 0.2) is 7.14 Å². The molecule has 0 atom stereocenters. The summed E-state index contributed by atoms with van der Waals surface area (Å²) in [5.41, 5.74) is 15.0. The Morgan fingerprint density at radius 1 is 0.254 bits per heavy atom. The van der Waals surface area contributed by atoms with Crippen molar-refractivity contribution in [1.82, 2.24) is 0 Å². The van der Waals surface area contributed by atoms with Crippen molar-refractivity contribution in [1.29, 1.82) is 0 Å². The van der Waals surface area contributed by atoms with Gasteiger partial charge in [-0.15, -0.1) is 0 Å². The lowest BCUT2D eigenvalue weighted by molar-refractivity contribution is 0.592. The van der Waals surface area contributed by atoms with E-state index < -0.39 is 7.14 Å². The number of benzene rings is 9. The normalized spacial score (nSPS) is 13.9. The fourth-order valence-corrected chi connectivity index (χ4v) is 13.1. The maximum Gasteiger partial charge on any atom is 0.183 e. The number of hydrogen-bond donors (Lipinski definition) is 0. The van der Waals surface area contributed by atoms with Crippen molar-refractivity contribution in [3.8, 4) is 33.4 Å². The third-order valence-corrected chi connectivity index (χ3v) is 15.2. The van der Waals surface area contributed by atoms with Crippen LogP contribution in [0.4, 0.5) is 51.2 Å². The summed E-state index contributed by atoms with van der Waals surface area (Å²) in [6.07, 6.45) is 0. The second kappa shape index (κ2) is 13.1. The molecule has 0 saturated carbocycles. The van der Waals surface area contributed by atoms with Gasteiger partial charge in [0.2, 0.25) is 0 Å². The molecule has 9 aromatic rings. The zero-order valence-corrected chi connectivity index (χ0v) is 32.9. The number of nitrogens with zero attached hydrogens (tertiary/aromatic N) is 3. The Morgan fingerprint density at radius 3 is 0.678 bits per heavy atom. The molecule has 5 heteroatoms. The number of anilines is 9. The maximum atomic E-state index is 17.6. The highest BCUT2D eigenvalue weighted by Gasteiger charge is 2.55. The molecule has 0 saturated heterocycles. The molecule has 0 amide bonds. The van der Waals surface area contributed by atoms with Crippen LogP contribution in [0.25, 0.3) is 33.4 Å². The number of para-hydroxylation sites is 3. The van der Waals surface area contributed by atoms with Crippen LogP contribution in [0.5, 0.6) is 0 Å². The molecule has 9 aromatic carbocycles. The second-order valence-electron chi connectivity index (χ2n) is 15.3. The summed E-state index contributed by atoms with van der Waals surface area (Å²) in [7, 11) is -3.62. The highest BCUT2D eigenvalue weighted by Crippen LogP contribution is 2.68. The van der Waals surface area contributed by atoms with E-state index in [1.165, 1.54) is 0 Å². The molecular formula is C54H36N3OP. The smallest absolute Gasteiger partial charge is 0.183 e. The predicted octanol–water partition coefficient (Wildman–Crippen LogP) is 13.7. The molecule has 59 heavy (non-hydrogen) atoms. The van der Waals surface area contributed by atoms with Crippen molar-refractivity contribution in [3.63, 3.8) is 0 Å². The lowest BCUT2D eigenvalue weighted by Crippen LogP contribution is -2.47. The summed E-state index contributed by atoms with van der Waals surface area (Å²) in [5.74, 6) is 0. The third-order valence-electron chi connectivity index (χ3n) is 12.0. The van der Waals surface area contributed by atoms with E-state index >= 15 is 4.57 Å². The van der Waals surface area contributed by atoms with Gasteiger partial charge in [-0.1, -0.05) is 146 Å². The summed E-state index contributed by atoms with van der Waals surface area (Å²) in [4.78, 5) is 7.11. The molecule has 0 bridgehead atoms. The van der Waals surface area contributed by atoms with Gasteiger partial charge in [0.25, 0.3) is 0 Å². The average Bonchev–Trinajstić information content (AvgIpc) is 3.30. The molecule has 0 aliphatic carbocycles. The van der Waals surface area contributed by atoms with Gasteiger partial charge >= 0.3 is 0 Å². The quantitative estimate of drug-likeness (QED) is 0.157. The molecule has 0 spiro atoms. The van der Waals surface area contributed by atoms with Gasteiger partial charge in [0, 0.05) is 17.1 Å². The molecule has 0 aromatic heterocycles. The van der Waals surface area contributed by atoms with E-state index in [9.17, 15) is 0 Å². The first-order valence-corrected chi connectivity index (χ1v) is 21.8. The van der Waals surface area contributed by atoms with Crippen LogP contribution in [0.3, 0.4) is 0 Å².